The molecule has 1 aromatic heterocycles. The number of nitrogens with zero attached hydrogens (tertiary/aromatic N) is 3. The molecule has 1 aliphatic heterocycles. The Kier molecular flexibility index (Phi) is 5.73. The van der Waals surface area contributed by atoms with E-state index < -0.39 is 0 Å². The Morgan fingerprint density at radius 2 is 1.79 bits per heavy atom. The van der Waals surface area contributed by atoms with Gasteiger partial charge in [0.1, 0.15) is 0 Å². The molecule has 1 saturated heterocycles. The van der Waals surface area contributed by atoms with E-state index in [0.29, 0.717) is 23.9 Å². The fourth-order valence-electron chi connectivity index (χ4n) is 3.32. The van der Waals surface area contributed by atoms with E-state index in [1.54, 1.807) is 4.90 Å². The van der Waals surface area contributed by atoms with Crippen LogP contribution in [0.2, 0.25) is 0 Å². The number of carbonyl (C=O) groups is 2. The number of hydrogen-bond donors (Lipinski definition) is 2. The second-order valence-corrected chi connectivity index (χ2v) is 7.97. The van der Waals surface area contributed by atoms with Crippen molar-refractivity contribution in [1.29, 1.82) is 0 Å². The summed E-state index contributed by atoms with van der Waals surface area (Å²) in [5, 5.41) is 10.2. The number of aromatic nitrogens is 1. The zero-order valence-corrected chi connectivity index (χ0v) is 17.0. The third-order valence-electron chi connectivity index (χ3n) is 4.96. The van der Waals surface area contributed by atoms with Crippen LogP contribution in [0.3, 0.4) is 0 Å². The molecule has 0 bridgehead atoms. The molecule has 3 amide bonds. The van der Waals surface area contributed by atoms with Crippen molar-refractivity contribution in [2.75, 3.05) is 43.9 Å². The normalized spacial score (nSPS) is 14.7. The summed E-state index contributed by atoms with van der Waals surface area (Å²) in [7, 11) is 2.05. The van der Waals surface area contributed by atoms with Crippen LogP contribution in [0.1, 0.15) is 5.69 Å². The molecule has 150 valence electrons. The van der Waals surface area contributed by atoms with Gasteiger partial charge in [-0.15, -0.1) is 11.3 Å². The van der Waals surface area contributed by atoms with Crippen LogP contribution in [0.15, 0.2) is 47.8 Å². The van der Waals surface area contributed by atoms with Crippen molar-refractivity contribution in [2.45, 2.75) is 6.42 Å². The van der Waals surface area contributed by atoms with E-state index in [0.717, 1.165) is 29.5 Å². The molecule has 1 aliphatic rings. The highest BCUT2D eigenvalue weighted by Crippen LogP contribution is 2.23. The lowest BCUT2D eigenvalue weighted by molar-refractivity contribution is -0.115. The highest BCUT2D eigenvalue weighted by Gasteiger charge is 2.20. The number of rotatable bonds is 4. The molecule has 0 spiro atoms. The lowest BCUT2D eigenvalue weighted by Gasteiger charge is -2.32. The highest BCUT2D eigenvalue weighted by molar-refractivity contribution is 7.13. The topological polar surface area (TPSA) is 77.6 Å². The monoisotopic (exact) mass is 409 g/mol. The number of nitrogens with one attached hydrogen (secondary N) is 2. The quantitative estimate of drug-likeness (QED) is 0.693. The minimum absolute atomic E-state index is 0.136. The molecule has 2 aromatic carbocycles. The van der Waals surface area contributed by atoms with Gasteiger partial charge < -0.3 is 15.1 Å². The van der Waals surface area contributed by atoms with Gasteiger partial charge in [0.25, 0.3) is 0 Å². The predicted octanol–water partition coefficient (Wildman–Crippen LogP) is 3.26. The largest absolute Gasteiger partial charge is 0.325 e. The lowest BCUT2D eigenvalue weighted by atomic mass is 10.1. The van der Waals surface area contributed by atoms with Crippen molar-refractivity contribution in [1.82, 2.24) is 14.8 Å². The van der Waals surface area contributed by atoms with E-state index in [9.17, 15) is 9.59 Å². The Morgan fingerprint density at radius 3 is 2.62 bits per heavy atom. The first-order valence-electron chi connectivity index (χ1n) is 9.55. The molecule has 2 N–H and O–H groups in total. The van der Waals surface area contributed by atoms with Crippen molar-refractivity contribution in [3.63, 3.8) is 0 Å². The van der Waals surface area contributed by atoms with Crippen molar-refractivity contribution in [2.24, 2.45) is 0 Å². The lowest BCUT2D eigenvalue weighted by Crippen LogP contribution is -2.48. The van der Waals surface area contributed by atoms with Crippen LogP contribution in [-0.2, 0) is 11.2 Å². The zero-order chi connectivity index (χ0) is 20.2. The fourth-order valence-corrected chi connectivity index (χ4v) is 4.02. The molecular weight excluding hydrogens is 386 g/mol. The maximum Gasteiger partial charge on any atom is 0.323 e. The van der Waals surface area contributed by atoms with Gasteiger partial charge in [-0.25, -0.2) is 9.78 Å². The summed E-state index contributed by atoms with van der Waals surface area (Å²) in [6.45, 7) is 3.14. The zero-order valence-electron chi connectivity index (χ0n) is 16.2. The number of piperazine rings is 1. The number of urea groups is 1. The van der Waals surface area contributed by atoms with Gasteiger partial charge in [0.15, 0.2) is 5.13 Å². The molecule has 2 heterocycles. The van der Waals surface area contributed by atoms with Crippen molar-refractivity contribution in [3.05, 3.63) is 53.5 Å². The molecule has 3 aromatic rings. The molecule has 1 fully saturated rings. The SMILES string of the molecule is CN1CCN(C(=O)Nc2nc(CC(=O)Nc3cccc4ccccc34)cs2)CC1. The number of hydrogen-bond acceptors (Lipinski definition) is 5. The average molecular weight is 410 g/mol. The number of amides is 3. The Bertz CT molecular complexity index is 1020. The standard InChI is InChI=1S/C21H23N5O2S/c1-25-9-11-26(12-10-25)21(28)24-20-22-16(14-29-20)13-19(27)23-18-8-4-6-15-5-2-3-7-17(15)18/h2-8,14H,9-13H2,1H3,(H,23,27)(H,22,24,28). The van der Waals surface area contributed by atoms with Crippen LogP contribution in [0.4, 0.5) is 15.6 Å². The van der Waals surface area contributed by atoms with Gasteiger partial charge >= 0.3 is 6.03 Å². The van der Waals surface area contributed by atoms with E-state index in [1.807, 2.05) is 54.9 Å². The Balaban J connectivity index is 1.35. The van der Waals surface area contributed by atoms with Crippen molar-refractivity contribution in [3.8, 4) is 0 Å². The summed E-state index contributed by atoms with van der Waals surface area (Å²) in [6.07, 6.45) is 0.157. The molecule has 0 aliphatic carbocycles. The van der Waals surface area contributed by atoms with Crippen LogP contribution in [0, 0.1) is 0 Å². The minimum atomic E-state index is -0.140. The Morgan fingerprint density at radius 1 is 1.03 bits per heavy atom. The van der Waals surface area contributed by atoms with Crippen LogP contribution >= 0.6 is 11.3 Å². The molecule has 8 heteroatoms. The molecule has 7 nitrogen and oxygen atoms in total. The molecule has 0 radical (unpaired) electrons. The van der Waals surface area contributed by atoms with E-state index in [1.165, 1.54) is 11.3 Å². The Hall–Kier alpha value is -2.97. The van der Waals surface area contributed by atoms with Gasteiger partial charge in [0, 0.05) is 42.6 Å². The van der Waals surface area contributed by atoms with E-state index in [-0.39, 0.29) is 18.4 Å². The van der Waals surface area contributed by atoms with Gasteiger partial charge in [-0.2, -0.15) is 0 Å². The second kappa shape index (κ2) is 8.59. The van der Waals surface area contributed by atoms with Gasteiger partial charge in [-0.05, 0) is 18.5 Å². The predicted molar refractivity (Wildman–Crippen MR) is 116 cm³/mol. The third-order valence-corrected chi connectivity index (χ3v) is 5.77. The van der Waals surface area contributed by atoms with Crippen molar-refractivity contribution < 1.29 is 9.59 Å². The van der Waals surface area contributed by atoms with Gasteiger partial charge in [-0.3, -0.25) is 10.1 Å². The number of anilines is 2. The first kappa shape index (κ1) is 19.4. The molecule has 0 saturated carbocycles. The number of thiazole rings is 1. The minimum Gasteiger partial charge on any atom is -0.325 e. The van der Waals surface area contributed by atoms with E-state index in [4.69, 9.17) is 0 Å². The highest BCUT2D eigenvalue weighted by atomic mass is 32.1. The van der Waals surface area contributed by atoms with Crippen LogP contribution < -0.4 is 10.6 Å². The average Bonchev–Trinajstić information content (AvgIpc) is 3.15. The molecule has 0 atom stereocenters. The van der Waals surface area contributed by atoms with Crippen molar-refractivity contribution >= 4 is 44.9 Å². The second-order valence-electron chi connectivity index (χ2n) is 7.12. The molecule has 4 rings (SSSR count). The summed E-state index contributed by atoms with van der Waals surface area (Å²) >= 11 is 1.33. The molecular formula is C21H23N5O2S. The van der Waals surface area contributed by atoms with Crippen LogP contribution in [0.5, 0.6) is 0 Å². The number of carbonyl (C=O) groups excluding carboxylic acids is 2. The third kappa shape index (κ3) is 4.72. The van der Waals surface area contributed by atoms with Crippen LogP contribution in [0.25, 0.3) is 10.8 Å². The first-order valence-corrected chi connectivity index (χ1v) is 10.4. The summed E-state index contributed by atoms with van der Waals surface area (Å²) in [5.74, 6) is -0.136. The maximum absolute atomic E-state index is 12.5. The fraction of sp³-hybridized carbons (Fsp3) is 0.286. The summed E-state index contributed by atoms with van der Waals surface area (Å²) in [5.41, 5.74) is 1.42. The number of fused-ring (bicyclic) bond motifs is 1. The van der Waals surface area contributed by atoms with Gasteiger partial charge in [0.05, 0.1) is 12.1 Å². The van der Waals surface area contributed by atoms with E-state index in [2.05, 4.69) is 20.5 Å². The number of likely N-dealkylation sites (N-methyl/N-ethyl adjacent to an activating group) is 1. The molecule has 0 unspecified atom stereocenters. The summed E-state index contributed by atoms with van der Waals surface area (Å²) in [4.78, 5) is 33.2. The number of benzene rings is 2. The van der Waals surface area contributed by atoms with E-state index >= 15 is 0 Å². The molecule has 29 heavy (non-hydrogen) atoms. The van der Waals surface area contributed by atoms with Gasteiger partial charge in [0.2, 0.25) is 5.91 Å². The van der Waals surface area contributed by atoms with Gasteiger partial charge in [-0.1, -0.05) is 36.4 Å². The summed E-state index contributed by atoms with van der Waals surface area (Å²) < 4.78 is 0. The smallest absolute Gasteiger partial charge is 0.323 e. The first-order chi connectivity index (χ1) is 14.1. The Labute approximate surface area is 173 Å². The van der Waals surface area contributed by atoms with Crippen LogP contribution in [-0.4, -0.2) is 59.9 Å². The maximum atomic E-state index is 12.5. The summed E-state index contributed by atoms with van der Waals surface area (Å²) in [6, 6.07) is 13.6.